The largest absolute Gasteiger partial charge is 0.478 e. The first-order valence-corrected chi connectivity index (χ1v) is 7.62. The van der Waals surface area contributed by atoms with Gasteiger partial charge in [-0.3, -0.25) is 9.69 Å². The van der Waals surface area contributed by atoms with Crippen LogP contribution in [0.25, 0.3) is 0 Å². The number of carbonyl (C=O) groups excluding carboxylic acids is 1. The molecule has 1 amide bonds. The standard InChI is InChI=1S/C17H24N2O3/c1-12(19-9-8-17(2,3)11-19)15(20)18-10-13-4-6-14(7-5-13)16(21)22/h4-7,12H,8-11H2,1-3H3,(H,18,20)(H,21,22). The second-order valence-electron chi connectivity index (χ2n) is 6.78. The number of benzene rings is 1. The van der Waals surface area contributed by atoms with Crippen molar-refractivity contribution in [3.63, 3.8) is 0 Å². The molecule has 0 bridgehead atoms. The van der Waals surface area contributed by atoms with E-state index < -0.39 is 5.97 Å². The van der Waals surface area contributed by atoms with Crippen LogP contribution in [0.1, 0.15) is 43.1 Å². The summed E-state index contributed by atoms with van der Waals surface area (Å²) >= 11 is 0. The Balaban J connectivity index is 1.86. The predicted molar refractivity (Wildman–Crippen MR) is 84.7 cm³/mol. The van der Waals surface area contributed by atoms with Gasteiger partial charge in [0.05, 0.1) is 11.6 Å². The molecule has 0 aromatic heterocycles. The summed E-state index contributed by atoms with van der Waals surface area (Å²) in [7, 11) is 0. The number of nitrogens with zero attached hydrogens (tertiary/aromatic N) is 1. The molecule has 22 heavy (non-hydrogen) atoms. The molecule has 5 nitrogen and oxygen atoms in total. The lowest BCUT2D eigenvalue weighted by molar-refractivity contribution is -0.125. The number of nitrogens with one attached hydrogen (secondary N) is 1. The number of likely N-dealkylation sites (tertiary alicyclic amines) is 1. The molecule has 1 heterocycles. The Morgan fingerprint density at radius 3 is 2.45 bits per heavy atom. The number of carboxylic acid groups (broad SMARTS) is 1. The van der Waals surface area contributed by atoms with Crippen LogP contribution < -0.4 is 5.32 Å². The molecule has 1 aliphatic heterocycles. The molecule has 1 saturated heterocycles. The lowest BCUT2D eigenvalue weighted by Gasteiger charge is -2.25. The van der Waals surface area contributed by atoms with Crippen LogP contribution in [0.3, 0.4) is 0 Å². The average Bonchev–Trinajstić information content (AvgIpc) is 2.84. The van der Waals surface area contributed by atoms with Gasteiger partial charge < -0.3 is 10.4 Å². The van der Waals surface area contributed by atoms with Gasteiger partial charge in [-0.1, -0.05) is 26.0 Å². The van der Waals surface area contributed by atoms with Crippen LogP contribution >= 0.6 is 0 Å². The number of amides is 1. The number of aromatic carboxylic acids is 1. The molecule has 0 saturated carbocycles. The third-order valence-electron chi connectivity index (χ3n) is 4.30. The van der Waals surface area contributed by atoms with Crippen molar-refractivity contribution in [3.8, 4) is 0 Å². The van der Waals surface area contributed by atoms with Crippen molar-refractivity contribution in [2.75, 3.05) is 13.1 Å². The van der Waals surface area contributed by atoms with E-state index in [1.54, 1.807) is 24.3 Å². The normalized spacial score (nSPS) is 18.9. The Morgan fingerprint density at radius 2 is 1.95 bits per heavy atom. The number of rotatable bonds is 5. The Labute approximate surface area is 131 Å². The van der Waals surface area contributed by atoms with Gasteiger partial charge in [0.15, 0.2) is 0 Å². The molecule has 1 aromatic rings. The molecule has 1 aliphatic rings. The number of hydrogen-bond donors (Lipinski definition) is 2. The molecular formula is C17H24N2O3. The SMILES string of the molecule is CC(C(=O)NCc1ccc(C(=O)O)cc1)N1CCC(C)(C)C1. The summed E-state index contributed by atoms with van der Waals surface area (Å²) in [6.45, 7) is 8.69. The molecule has 5 heteroatoms. The minimum absolute atomic E-state index is 0.0139. The highest BCUT2D eigenvalue weighted by atomic mass is 16.4. The van der Waals surface area contributed by atoms with Crippen LogP contribution in [0.2, 0.25) is 0 Å². The van der Waals surface area contributed by atoms with Gasteiger partial charge in [-0.2, -0.15) is 0 Å². The monoisotopic (exact) mass is 304 g/mol. The predicted octanol–water partition coefficient (Wildman–Crippen LogP) is 2.12. The highest BCUT2D eigenvalue weighted by Gasteiger charge is 2.33. The van der Waals surface area contributed by atoms with E-state index in [-0.39, 0.29) is 22.9 Å². The second-order valence-corrected chi connectivity index (χ2v) is 6.78. The molecule has 1 aromatic carbocycles. The topological polar surface area (TPSA) is 69.6 Å². The van der Waals surface area contributed by atoms with Gasteiger partial charge in [0.25, 0.3) is 0 Å². The van der Waals surface area contributed by atoms with Crippen LogP contribution in [0.5, 0.6) is 0 Å². The van der Waals surface area contributed by atoms with Crippen molar-refractivity contribution in [3.05, 3.63) is 35.4 Å². The minimum Gasteiger partial charge on any atom is -0.478 e. The number of hydrogen-bond acceptors (Lipinski definition) is 3. The van der Waals surface area contributed by atoms with Gasteiger partial charge in [0.2, 0.25) is 5.91 Å². The Kier molecular flexibility index (Phi) is 4.86. The summed E-state index contributed by atoms with van der Waals surface area (Å²) in [5.41, 5.74) is 1.43. The van der Waals surface area contributed by atoms with Gasteiger partial charge in [-0.05, 0) is 43.0 Å². The van der Waals surface area contributed by atoms with Crippen molar-refractivity contribution in [2.45, 2.75) is 39.8 Å². The van der Waals surface area contributed by atoms with Gasteiger partial charge in [0.1, 0.15) is 0 Å². The van der Waals surface area contributed by atoms with E-state index in [9.17, 15) is 9.59 Å². The summed E-state index contributed by atoms with van der Waals surface area (Å²) < 4.78 is 0. The Hall–Kier alpha value is -1.88. The Bertz CT molecular complexity index is 552. The molecule has 0 spiro atoms. The molecule has 0 radical (unpaired) electrons. The van der Waals surface area contributed by atoms with Crippen molar-refractivity contribution in [2.24, 2.45) is 5.41 Å². The zero-order valence-corrected chi connectivity index (χ0v) is 13.4. The maximum atomic E-state index is 12.2. The van der Waals surface area contributed by atoms with Crippen LogP contribution in [-0.4, -0.2) is 41.0 Å². The molecule has 1 fully saturated rings. The van der Waals surface area contributed by atoms with E-state index in [0.29, 0.717) is 6.54 Å². The fraction of sp³-hybridized carbons (Fsp3) is 0.529. The Morgan fingerprint density at radius 1 is 1.32 bits per heavy atom. The smallest absolute Gasteiger partial charge is 0.335 e. The van der Waals surface area contributed by atoms with Crippen LogP contribution in [-0.2, 0) is 11.3 Å². The quantitative estimate of drug-likeness (QED) is 0.874. The molecule has 0 aliphatic carbocycles. The summed E-state index contributed by atoms with van der Waals surface area (Å²) in [5.74, 6) is -0.930. The van der Waals surface area contributed by atoms with Gasteiger partial charge in [0, 0.05) is 13.1 Å². The lowest BCUT2D eigenvalue weighted by Crippen LogP contribution is -2.44. The van der Waals surface area contributed by atoms with Crippen molar-refractivity contribution in [1.82, 2.24) is 10.2 Å². The van der Waals surface area contributed by atoms with Gasteiger partial charge in [-0.15, -0.1) is 0 Å². The fourth-order valence-corrected chi connectivity index (χ4v) is 2.75. The summed E-state index contributed by atoms with van der Waals surface area (Å²) in [4.78, 5) is 25.2. The third kappa shape index (κ3) is 4.07. The molecule has 2 rings (SSSR count). The second kappa shape index (κ2) is 6.48. The summed E-state index contributed by atoms with van der Waals surface area (Å²) in [6.07, 6.45) is 1.11. The van der Waals surface area contributed by atoms with Gasteiger partial charge in [-0.25, -0.2) is 4.79 Å². The zero-order chi connectivity index (χ0) is 16.3. The number of carboxylic acids is 1. The van der Waals surface area contributed by atoms with E-state index in [4.69, 9.17) is 5.11 Å². The highest BCUT2D eigenvalue weighted by molar-refractivity contribution is 5.87. The van der Waals surface area contributed by atoms with E-state index in [1.807, 2.05) is 6.92 Å². The first kappa shape index (κ1) is 16.5. The molecule has 1 unspecified atom stereocenters. The van der Waals surface area contributed by atoms with Crippen molar-refractivity contribution in [1.29, 1.82) is 0 Å². The summed E-state index contributed by atoms with van der Waals surface area (Å²) in [6, 6.07) is 6.42. The van der Waals surface area contributed by atoms with E-state index >= 15 is 0 Å². The minimum atomic E-state index is -0.944. The van der Waals surface area contributed by atoms with Crippen molar-refractivity contribution < 1.29 is 14.7 Å². The number of carbonyl (C=O) groups is 2. The van der Waals surface area contributed by atoms with Crippen LogP contribution in [0.4, 0.5) is 0 Å². The van der Waals surface area contributed by atoms with Crippen molar-refractivity contribution >= 4 is 11.9 Å². The lowest BCUT2D eigenvalue weighted by atomic mass is 9.93. The van der Waals surface area contributed by atoms with E-state index in [0.717, 1.165) is 25.1 Å². The first-order valence-electron chi connectivity index (χ1n) is 7.62. The first-order chi connectivity index (χ1) is 10.3. The third-order valence-corrected chi connectivity index (χ3v) is 4.30. The van der Waals surface area contributed by atoms with Crippen LogP contribution in [0, 0.1) is 5.41 Å². The molecule has 120 valence electrons. The van der Waals surface area contributed by atoms with Crippen LogP contribution in [0.15, 0.2) is 24.3 Å². The fourth-order valence-electron chi connectivity index (χ4n) is 2.75. The zero-order valence-electron chi connectivity index (χ0n) is 13.4. The molecule has 1 atom stereocenters. The molecule has 2 N–H and O–H groups in total. The molecular weight excluding hydrogens is 280 g/mol. The highest BCUT2D eigenvalue weighted by Crippen LogP contribution is 2.29. The van der Waals surface area contributed by atoms with E-state index in [1.165, 1.54) is 0 Å². The summed E-state index contributed by atoms with van der Waals surface area (Å²) in [5, 5.41) is 11.8. The van der Waals surface area contributed by atoms with Gasteiger partial charge >= 0.3 is 5.97 Å². The maximum absolute atomic E-state index is 12.2. The maximum Gasteiger partial charge on any atom is 0.335 e. The van der Waals surface area contributed by atoms with E-state index in [2.05, 4.69) is 24.1 Å². The average molecular weight is 304 g/mol.